The molecule has 2 N–H and O–H groups in total. The van der Waals surface area contributed by atoms with E-state index in [1.807, 2.05) is 6.07 Å². The first-order chi connectivity index (χ1) is 14.8. The normalized spacial score (nSPS) is 15.8. The molecule has 2 aromatic rings. The maximum absolute atomic E-state index is 12.9. The molecule has 1 heterocycles. The Balaban J connectivity index is 1.57. The van der Waals surface area contributed by atoms with Crippen LogP contribution in [0.25, 0.3) is 0 Å². The van der Waals surface area contributed by atoms with E-state index >= 15 is 0 Å². The van der Waals surface area contributed by atoms with Crippen molar-refractivity contribution in [3.63, 3.8) is 0 Å². The Labute approximate surface area is 180 Å². The van der Waals surface area contributed by atoms with E-state index in [4.69, 9.17) is 9.47 Å². The van der Waals surface area contributed by atoms with E-state index in [0.29, 0.717) is 30.2 Å². The van der Waals surface area contributed by atoms with Gasteiger partial charge in [0.25, 0.3) is 0 Å². The second-order valence-corrected chi connectivity index (χ2v) is 7.75. The van der Waals surface area contributed by atoms with Crippen LogP contribution in [0.2, 0.25) is 0 Å². The van der Waals surface area contributed by atoms with Crippen LogP contribution in [0, 0.1) is 0 Å². The van der Waals surface area contributed by atoms with Gasteiger partial charge < -0.3 is 24.8 Å². The van der Waals surface area contributed by atoms with Crippen LogP contribution in [0.15, 0.2) is 42.5 Å². The number of nitrogens with one attached hydrogen (secondary N) is 1. The number of hydrogen-bond donors (Lipinski definition) is 2. The highest BCUT2D eigenvalue weighted by molar-refractivity contribution is 5.41. The minimum Gasteiger partial charge on any atom is -0.497 e. The zero-order valence-electron chi connectivity index (χ0n) is 17.6. The fourth-order valence-electron chi connectivity index (χ4n) is 3.64. The van der Waals surface area contributed by atoms with Crippen LogP contribution in [0.1, 0.15) is 29.5 Å². The molecule has 0 saturated carbocycles. The van der Waals surface area contributed by atoms with Crippen molar-refractivity contribution in [2.75, 3.05) is 33.4 Å². The molecule has 5 nitrogen and oxygen atoms in total. The minimum absolute atomic E-state index is 0.157. The quantitative estimate of drug-likeness (QED) is 0.591. The standard InChI is InChI=1S/C23H29F3N2O3/c1-30-21-8-7-18(14-27-13-17-5-4-6-19(11-17)23(24,25)26)22(12-21)31-16-20(29)15-28-9-2-3-10-28/h4-8,11-12,20,27,29H,2-3,9-10,13-16H2,1H3/t20-/m1/s1. The van der Waals surface area contributed by atoms with Gasteiger partial charge in [0.2, 0.25) is 0 Å². The summed E-state index contributed by atoms with van der Waals surface area (Å²) in [5.41, 5.74) is 0.722. The predicted molar refractivity (Wildman–Crippen MR) is 112 cm³/mol. The molecule has 1 aliphatic rings. The molecule has 170 valence electrons. The summed E-state index contributed by atoms with van der Waals surface area (Å²) in [7, 11) is 1.56. The number of ether oxygens (including phenoxy) is 2. The molecular weight excluding hydrogens is 409 g/mol. The van der Waals surface area contributed by atoms with E-state index in [2.05, 4.69) is 10.2 Å². The third-order valence-corrected chi connectivity index (χ3v) is 5.27. The van der Waals surface area contributed by atoms with Gasteiger partial charge in [-0.2, -0.15) is 13.2 Å². The van der Waals surface area contributed by atoms with Gasteiger partial charge >= 0.3 is 6.18 Å². The summed E-state index contributed by atoms with van der Waals surface area (Å²) in [6, 6.07) is 10.7. The summed E-state index contributed by atoms with van der Waals surface area (Å²) >= 11 is 0. The minimum atomic E-state index is -4.36. The zero-order valence-corrected chi connectivity index (χ0v) is 17.6. The molecule has 31 heavy (non-hydrogen) atoms. The van der Waals surface area contributed by atoms with Crippen molar-refractivity contribution in [2.45, 2.75) is 38.2 Å². The van der Waals surface area contributed by atoms with Crippen LogP contribution in [0.4, 0.5) is 13.2 Å². The van der Waals surface area contributed by atoms with Crippen LogP contribution in [-0.4, -0.2) is 49.5 Å². The molecule has 8 heteroatoms. The number of halogens is 3. The number of methoxy groups -OCH3 is 1. The molecule has 1 saturated heterocycles. The summed E-state index contributed by atoms with van der Waals surface area (Å²) in [4.78, 5) is 2.22. The monoisotopic (exact) mass is 438 g/mol. The Morgan fingerprint density at radius 3 is 2.58 bits per heavy atom. The highest BCUT2D eigenvalue weighted by atomic mass is 19.4. The van der Waals surface area contributed by atoms with Crippen LogP contribution in [0.3, 0.4) is 0 Å². The fourth-order valence-corrected chi connectivity index (χ4v) is 3.64. The second kappa shape index (κ2) is 10.8. The molecule has 3 rings (SSSR count). The predicted octanol–water partition coefficient (Wildman–Crippen LogP) is 3.84. The SMILES string of the molecule is COc1ccc(CNCc2cccc(C(F)(F)F)c2)c(OC[C@H](O)CN2CCCC2)c1. The Kier molecular flexibility index (Phi) is 8.17. The number of likely N-dealkylation sites (tertiary alicyclic amines) is 1. The van der Waals surface area contributed by atoms with Gasteiger partial charge in [-0.25, -0.2) is 0 Å². The van der Waals surface area contributed by atoms with E-state index in [1.165, 1.54) is 6.07 Å². The van der Waals surface area contributed by atoms with Crippen molar-refractivity contribution < 1.29 is 27.8 Å². The average molecular weight is 438 g/mol. The number of rotatable bonds is 10. The van der Waals surface area contributed by atoms with Gasteiger partial charge in [0.05, 0.1) is 12.7 Å². The van der Waals surface area contributed by atoms with Gasteiger partial charge in [-0.1, -0.05) is 24.3 Å². The molecule has 2 aromatic carbocycles. The summed E-state index contributed by atoms with van der Waals surface area (Å²) < 4.78 is 49.8. The van der Waals surface area contributed by atoms with Crippen molar-refractivity contribution >= 4 is 0 Å². The number of aliphatic hydroxyl groups excluding tert-OH is 1. The van der Waals surface area contributed by atoms with E-state index in [0.717, 1.165) is 43.6 Å². The lowest BCUT2D eigenvalue weighted by Gasteiger charge is -2.20. The Bertz CT molecular complexity index is 839. The lowest BCUT2D eigenvalue weighted by atomic mass is 10.1. The van der Waals surface area contributed by atoms with Gasteiger partial charge in [0, 0.05) is 31.3 Å². The lowest BCUT2D eigenvalue weighted by molar-refractivity contribution is -0.137. The molecule has 1 fully saturated rings. The molecule has 0 aliphatic carbocycles. The summed E-state index contributed by atoms with van der Waals surface area (Å²) in [6.07, 6.45) is -2.64. The van der Waals surface area contributed by atoms with Gasteiger partial charge in [0.15, 0.2) is 0 Å². The van der Waals surface area contributed by atoms with E-state index < -0.39 is 17.8 Å². The lowest BCUT2D eigenvalue weighted by Crippen LogP contribution is -2.33. The third kappa shape index (κ3) is 7.12. The number of aliphatic hydroxyl groups is 1. The van der Waals surface area contributed by atoms with E-state index in [9.17, 15) is 18.3 Å². The van der Waals surface area contributed by atoms with Crippen molar-refractivity contribution in [1.82, 2.24) is 10.2 Å². The van der Waals surface area contributed by atoms with Crippen LogP contribution < -0.4 is 14.8 Å². The molecule has 0 radical (unpaired) electrons. The fraction of sp³-hybridized carbons (Fsp3) is 0.478. The van der Waals surface area contributed by atoms with Crippen LogP contribution in [-0.2, 0) is 19.3 Å². The number of nitrogens with zero attached hydrogens (tertiary/aromatic N) is 1. The van der Waals surface area contributed by atoms with Crippen molar-refractivity contribution in [1.29, 1.82) is 0 Å². The average Bonchev–Trinajstić information content (AvgIpc) is 3.25. The molecule has 0 unspecified atom stereocenters. The number of alkyl halides is 3. The molecule has 1 atom stereocenters. The van der Waals surface area contributed by atoms with Crippen molar-refractivity contribution in [2.24, 2.45) is 0 Å². The topological polar surface area (TPSA) is 54.0 Å². The van der Waals surface area contributed by atoms with Gasteiger partial charge in [0.1, 0.15) is 24.2 Å². The molecule has 0 bridgehead atoms. The van der Waals surface area contributed by atoms with E-state index in [1.54, 1.807) is 25.3 Å². The number of hydrogen-bond acceptors (Lipinski definition) is 5. The maximum atomic E-state index is 12.9. The number of benzene rings is 2. The highest BCUT2D eigenvalue weighted by Gasteiger charge is 2.30. The van der Waals surface area contributed by atoms with Gasteiger partial charge in [-0.05, 0) is 43.6 Å². The summed E-state index contributed by atoms with van der Waals surface area (Å²) in [6.45, 7) is 3.42. The maximum Gasteiger partial charge on any atom is 0.416 e. The second-order valence-electron chi connectivity index (χ2n) is 7.75. The van der Waals surface area contributed by atoms with Crippen molar-refractivity contribution in [3.8, 4) is 11.5 Å². The molecular formula is C23H29F3N2O3. The largest absolute Gasteiger partial charge is 0.497 e. The van der Waals surface area contributed by atoms with Crippen molar-refractivity contribution in [3.05, 3.63) is 59.2 Å². The van der Waals surface area contributed by atoms with Crippen LogP contribution in [0.5, 0.6) is 11.5 Å². The molecule has 0 amide bonds. The Morgan fingerprint density at radius 1 is 1.10 bits per heavy atom. The first-order valence-electron chi connectivity index (χ1n) is 10.4. The van der Waals surface area contributed by atoms with Gasteiger partial charge in [-0.15, -0.1) is 0 Å². The molecule has 1 aliphatic heterocycles. The highest BCUT2D eigenvalue weighted by Crippen LogP contribution is 2.29. The first-order valence-corrected chi connectivity index (χ1v) is 10.4. The zero-order chi connectivity index (χ0) is 22.3. The summed E-state index contributed by atoms with van der Waals surface area (Å²) in [5.74, 6) is 1.21. The molecule has 0 spiro atoms. The first kappa shape index (κ1) is 23.4. The summed E-state index contributed by atoms with van der Waals surface area (Å²) in [5, 5.41) is 13.5. The van der Waals surface area contributed by atoms with Gasteiger partial charge in [-0.3, -0.25) is 0 Å². The smallest absolute Gasteiger partial charge is 0.416 e. The molecule has 0 aromatic heterocycles. The Morgan fingerprint density at radius 2 is 1.87 bits per heavy atom. The Hall–Kier alpha value is -2.29. The van der Waals surface area contributed by atoms with Crippen LogP contribution >= 0.6 is 0 Å². The van der Waals surface area contributed by atoms with E-state index in [-0.39, 0.29) is 13.2 Å². The number of β-amino-alcohol motifs (C(OH)–C–C–N with tert-alkyl or cyclic N) is 1. The third-order valence-electron chi connectivity index (χ3n) is 5.27.